The first-order chi connectivity index (χ1) is 5.83. The van der Waals surface area contributed by atoms with Crippen molar-refractivity contribution in [2.75, 3.05) is 0 Å². The molecule has 0 saturated carbocycles. The molecule has 1 heteroatoms. The molecule has 12 heavy (non-hydrogen) atoms. The minimum atomic E-state index is 0.741. The highest BCUT2D eigenvalue weighted by atomic mass is 14.9. The van der Waals surface area contributed by atoms with Gasteiger partial charge in [-0.15, -0.1) is 0 Å². The Morgan fingerprint density at radius 1 is 1.25 bits per heavy atom. The highest BCUT2D eigenvalue weighted by Crippen LogP contribution is 1.94. The van der Waals surface area contributed by atoms with Gasteiger partial charge in [-0.2, -0.15) is 0 Å². The van der Waals surface area contributed by atoms with Crippen molar-refractivity contribution >= 4 is 0 Å². The maximum atomic E-state index is 2.38. The van der Waals surface area contributed by atoms with E-state index in [1.165, 1.54) is 12.0 Å². The minimum absolute atomic E-state index is 0.741. The molecular formula is C11H18N+. The molecule has 0 amide bonds. The van der Waals surface area contributed by atoms with E-state index in [0.29, 0.717) is 0 Å². The number of quaternary nitrogens is 1. The van der Waals surface area contributed by atoms with E-state index in [1.807, 2.05) is 0 Å². The monoisotopic (exact) mass is 164 g/mol. The Balaban J connectivity index is 2.33. The van der Waals surface area contributed by atoms with E-state index in [4.69, 9.17) is 0 Å². The van der Waals surface area contributed by atoms with E-state index in [0.717, 1.165) is 12.6 Å². The lowest BCUT2D eigenvalue weighted by Gasteiger charge is -2.07. The third kappa shape index (κ3) is 3.05. The Morgan fingerprint density at radius 3 is 2.50 bits per heavy atom. The van der Waals surface area contributed by atoms with Crippen LogP contribution in [-0.2, 0) is 6.54 Å². The van der Waals surface area contributed by atoms with Gasteiger partial charge in [-0.1, -0.05) is 37.3 Å². The first-order valence-corrected chi connectivity index (χ1v) is 4.70. The van der Waals surface area contributed by atoms with Gasteiger partial charge in [-0.05, 0) is 13.3 Å². The Labute approximate surface area is 74.8 Å². The van der Waals surface area contributed by atoms with Crippen LogP contribution < -0.4 is 5.32 Å². The molecule has 0 aliphatic carbocycles. The number of benzene rings is 1. The maximum absolute atomic E-state index is 2.38. The summed E-state index contributed by atoms with van der Waals surface area (Å²) in [7, 11) is 0. The van der Waals surface area contributed by atoms with Crippen LogP contribution in [0.5, 0.6) is 0 Å². The summed E-state index contributed by atoms with van der Waals surface area (Å²) in [5, 5.41) is 2.38. The Kier molecular flexibility index (Phi) is 3.81. The molecule has 0 radical (unpaired) electrons. The minimum Gasteiger partial charge on any atom is -0.340 e. The third-order valence-electron chi connectivity index (χ3n) is 2.24. The predicted molar refractivity (Wildman–Crippen MR) is 51.8 cm³/mol. The molecule has 0 spiro atoms. The molecule has 1 rings (SSSR count). The molecule has 66 valence electrons. The van der Waals surface area contributed by atoms with Crippen LogP contribution in [0, 0.1) is 0 Å². The molecule has 2 N–H and O–H groups in total. The first-order valence-electron chi connectivity index (χ1n) is 4.70. The van der Waals surface area contributed by atoms with Crippen LogP contribution in [0.4, 0.5) is 0 Å². The average Bonchev–Trinajstić information content (AvgIpc) is 2.16. The van der Waals surface area contributed by atoms with Crippen LogP contribution in [0.2, 0.25) is 0 Å². The Morgan fingerprint density at radius 2 is 1.92 bits per heavy atom. The van der Waals surface area contributed by atoms with Gasteiger partial charge in [0.1, 0.15) is 6.54 Å². The van der Waals surface area contributed by atoms with Gasteiger partial charge in [0.05, 0.1) is 6.04 Å². The van der Waals surface area contributed by atoms with Crippen LogP contribution >= 0.6 is 0 Å². The molecule has 0 saturated heterocycles. The van der Waals surface area contributed by atoms with Gasteiger partial charge >= 0.3 is 0 Å². The van der Waals surface area contributed by atoms with Crippen molar-refractivity contribution < 1.29 is 5.32 Å². The van der Waals surface area contributed by atoms with E-state index >= 15 is 0 Å². The van der Waals surface area contributed by atoms with E-state index in [1.54, 1.807) is 0 Å². The van der Waals surface area contributed by atoms with E-state index in [2.05, 4.69) is 49.5 Å². The molecule has 0 aliphatic heterocycles. The lowest BCUT2D eigenvalue weighted by Crippen LogP contribution is -2.87. The molecule has 0 fully saturated rings. The van der Waals surface area contributed by atoms with Crippen molar-refractivity contribution in [1.29, 1.82) is 0 Å². The van der Waals surface area contributed by atoms with Crippen molar-refractivity contribution in [3.8, 4) is 0 Å². The number of hydrogen-bond acceptors (Lipinski definition) is 0. The smallest absolute Gasteiger partial charge is 0.101 e. The van der Waals surface area contributed by atoms with Gasteiger partial charge in [0.15, 0.2) is 0 Å². The lowest BCUT2D eigenvalue weighted by atomic mass is 10.2. The summed E-state index contributed by atoms with van der Waals surface area (Å²) in [5.74, 6) is 0. The van der Waals surface area contributed by atoms with Crippen molar-refractivity contribution in [3.05, 3.63) is 35.9 Å². The van der Waals surface area contributed by atoms with Crippen LogP contribution in [0.25, 0.3) is 0 Å². The van der Waals surface area contributed by atoms with Crippen LogP contribution in [0.15, 0.2) is 30.3 Å². The summed E-state index contributed by atoms with van der Waals surface area (Å²) in [6.45, 7) is 5.60. The van der Waals surface area contributed by atoms with Crippen molar-refractivity contribution in [2.45, 2.75) is 32.9 Å². The molecule has 0 aliphatic rings. The van der Waals surface area contributed by atoms with Crippen molar-refractivity contribution in [1.82, 2.24) is 0 Å². The van der Waals surface area contributed by atoms with E-state index in [9.17, 15) is 0 Å². The first kappa shape index (κ1) is 9.27. The maximum Gasteiger partial charge on any atom is 0.101 e. The Hall–Kier alpha value is -0.820. The molecule has 0 heterocycles. The zero-order chi connectivity index (χ0) is 8.81. The van der Waals surface area contributed by atoms with E-state index in [-0.39, 0.29) is 0 Å². The number of rotatable bonds is 4. The summed E-state index contributed by atoms with van der Waals surface area (Å²) in [6.07, 6.45) is 1.24. The van der Waals surface area contributed by atoms with Gasteiger partial charge in [0.25, 0.3) is 0 Å². The topological polar surface area (TPSA) is 16.6 Å². The molecule has 1 atom stereocenters. The van der Waals surface area contributed by atoms with Crippen LogP contribution in [0.3, 0.4) is 0 Å². The van der Waals surface area contributed by atoms with Crippen LogP contribution in [-0.4, -0.2) is 6.04 Å². The summed E-state index contributed by atoms with van der Waals surface area (Å²) in [5.41, 5.74) is 1.41. The predicted octanol–water partition coefficient (Wildman–Crippen LogP) is 1.55. The molecule has 1 nitrogen and oxygen atoms in total. The molecular weight excluding hydrogens is 146 g/mol. The second-order valence-corrected chi connectivity index (χ2v) is 3.31. The van der Waals surface area contributed by atoms with Gasteiger partial charge in [0, 0.05) is 5.56 Å². The van der Waals surface area contributed by atoms with Gasteiger partial charge in [-0.3, -0.25) is 0 Å². The van der Waals surface area contributed by atoms with Gasteiger partial charge < -0.3 is 5.32 Å². The van der Waals surface area contributed by atoms with Crippen molar-refractivity contribution in [3.63, 3.8) is 0 Å². The summed E-state index contributed by atoms with van der Waals surface area (Å²) in [6, 6.07) is 11.4. The molecule has 0 unspecified atom stereocenters. The molecule has 1 aromatic carbocycles. The number of hydrogen-bond donors (Lipinski definition) is 1. The van der Waals surface area contributed by atoms with Crippen LogP contribution in [0.1, 0.15) is 25.8 Å². The third-order valence-corrected chi connectivity index (χ3v) is 2.24. The summed E-state index contributed by atoms with van der Waals surface area (Å²) < 4.78 is 0. The SMILES string of the molecule is CC[C@H](C)[NH2+]Cc1ccccc1. The van der Waals surface area contributed by atoms with Gasteiger partial charge in [-0.25, -0.2) is 0 Å². The van der Waals surface area contributed by atoms with E-state index < -0.39 is 0 Å². The normalized spacial score (nSPS) is 12.8. The summed E-state index contributed by atoms with van der Waals surface area (Å²) in [4.78, 5) is 0. The second kappa shape index (κ2) is 4.94. The fourth-order valence-corrected chi connectivity index (χ4v) is 1.12. The standard InChI is InChI=1S/C11H17N/c1-3-10(2)12-9-11-7-5-4-6-8-11/h4-8,10,12H,3,9H2,1-2H3/p+1/t10-/m0/s1. The van der Waals surface area contributed by atoms with Crippen molar-refractivity contribution in [2.24, 2.45) is 0 Å². The quantitative estimate of drug-likeness (QED) is 0.695. The second-order valence-electron chi connectivity index (χ2n) is 3.31. The zero-order valence-electron chi connectivity index (χ0n) is 7.96. The average molecular weight is 164 g/mol. The van der Waals surface area contributed by atoms with Gasteiger partial charge in [0.2, 0.25) is 0 Å². The fourth-order valence-electron chi connectivity index (χ4n) is 1.12. The number of nitrogens with two attached hydrogens (primary N) is 1. The highest BCUT2D eigenvalue weighted by molar-refractivity contribution is 5.12. The highest BCUT2D eigenvalue weighted by Gasteiger charge is 2.00. The molecule has 1 aromatic rings. The summed E-state index contributed by atoms with van der Waals surface area (Å²) >= 11 is 0. The fraction of sp³-hybridized carbons (Fsp3) is 0.455. The largest absolute Gasteiger partial charge is 0.340 e. The zero-order valence-corrected chi connectivity index (χ0v) is 7.96. The molecule has 0 bridgehead atoms. The molecule has 0 aromatic heterocycles. The Bertz CT molecular complexity index is 206. The lowest BCUT2D eigenvalue weighted by molar-refractivity contribution is -0.701.